The molecule has 5 heteroatoms. The minimum absolute atomic E-state index is 0.00673. The third-order valence-electron chi connectivity index (χ3n) is 4.90. The summed E-state index contributed by atoms with van der Waals surface area (Å²) in [5.41, 5.74) is 2.26. The fourth-order valence-corrected chi connectivity index (χ4v) is 3.33. The van der Waals surface area contributed by atoms with Gasteiger partial charge in [-0.05, 0) is 49.6 Å². The number of nitrogens with one attached hydrogen (secondary N) is 1. The van der Waals surface area contributed by atoms with Gasteiger partial charge in [0.15, 0.2) is 5.78 Å². The highest BCUT2D eigenvalue weighted by Gasteiger charge is 2.28. The lowest BCUT2D eigenvalue weighted by atomic mass is 9.96. The van der Waals surface area contributed by atoms with Gasteiger partial charge < -0.3 is 10.2 Å². The fraction of sp³-hybridized carbons (Fsp3) is 0.318. The van der Waals surface area contributed by atoms with Crippen LogP contribution in [-0.4, -0.2) is 35.6 Å². The second-order valence-electron chi connectivity index (χ2n) is 6.96. The molecule has 1 saturated heterocycles. The molecule has 1 heterocycles. The summed E-state index contributed by atoms with van der Waals surface area (Å²) in [6.07, 6.45) is 1.95. The van der Waals surface area contributed by atoms with E-state index in [1.807, 2.05) is 30.3 Å². The van der Waals surface area contributed by atoms with E-state index >= 15 is 0 Å². The van der Waals surface area contributed by atoms with E-state index in [4.69, 9.17) is 0 Å². The van der Waals surface area contributed by atoms with Crippen molar-refractivity contribution >= 4 is 23.3 Å². The Balaban J connectivity index is 1.57. The minimum atomic E-state index is -0.217. The SMILES string of the molecule is CC(=O)c1ccc(NC(=O)C2CCCN(C(=O)Cc3ccccc3)C2)cc1. The predicted octanol–water partition coefficient (Wildman–Crippen LogP) is 3.31. The fourth-order valence-electron chi connectivity index (χ4n) is 3.33. The molecule has 2 amide bonds. The average Bonchev–Trinajstić information content (AvgIpc) is 2.69. The summed E-state index contributed by atoms with van der Waals surface area (Å²) in [4.78, 5) is 38.3. The van der Waals surface area contributed by atoms with Crippen molar-refractivity contribution < 1.29 is 14.4 Å². The number of carbonyl (C=O) groups excluding carboxylic acids is 3. The molecule has 140 valence electrons. The summed E-state index contributed by atoms with van der Waals surface area (Å²) in [6, 6.07) is 16.5. The molecule has 1 atom stereocenters. The second-order valence-corrected chi connectivity index (χ2v) is 6.96. The third-order valence-corrected chi connectivity index (χ3v) is 4.90. The first-order chi connectivity index (χ1) is 13.0. The highest BCUT2D eigenvalue weighted by Crippen LogP contribution is 2.20. The first kappa shape index (κ1) is 18.8. The van der Waals surface area contributed by atoms with E-state index in [2.05, 4.69) is 5.32 Å². The van der Waals surface area contributed by atoms with Crippen LogP contribution in [0.1, 0.15) is 35.7 Å². The zero-order valence-electron chi connectivity index (χ0n) is 15.5. The zero-order valence-corrected chi connectivity index (χ0v) is 15.5. The molecule has 0 radical (unpaired) electrons. The van der Waals surface area contributed by atoms with Gasteiger partial charge in [0.1, 0.15) is 0 Å². The van der Waals surface area contributed by atoms with Crippen molar-refractivity contribution in [2.24, 2.45) is 5.92 Å². The van der Waals surface area contributed by atoms with Gasteiger partial charge in [0.05, 0.1) is 12.3 Å². The second kappa shape index (κ2) is 8.62. The summed E-state index contributed by atoms with van der Waals surface area (Å²) < 4.78 is 0. The minimum Gasteiger partial charge on any atom is -0.342 e. The molecular weight excluding hydrogens is 340 g/mol. The summed E-state index contributed by atoms with van der Waals surface area (Å²) in [7, 11) is 0. The number of amides is 2. The van der Waals surface area contributed by atoms with E-state index in [1.165, 1.54) is 6.92 Å². The molecule has 2 aromatic carbocycles. The molecule has 3 rings (SSSR count). The van der Waals surface area contributed by atoms with Crippen LogP contribution in [0, 0.1) is 5.92 Å². The molecular formula is C22H24N2O3. The molecule has 1 aliphatic heterocycles. The van der Waals surface area contributed by atoms with Crippen LogP contribution in [0.15, 0.2) is 54.6 Å². The predicted molar refractivity (Wildman–Crippen MR) is 105 cm³/mol. The molecule has 0 bridgehead atoms. The Hall–Kier alpha value is -2.95. The van der Waals surface area contributed by atoms with E-state index in [0.717, 1.165) is 18.4 Å². The van der Waals surface area contributed by atoms with Crippen LogP contribution in [0.5, 0.6) is 0 Å². The van der Waals surface area contributed by atoms with Crippen molar-refractivity contribution in [2.45, 2.75) is 26.2 Å². The van der Waals surface area contributed by atoms with Crippen LogP contribution in [0.4, 0.5) is 5.69 Å². The van der Waals surface area contributed by atoms with Crippen LogP contribution in [-0.2, 0) is 16.0 Å². The Kier molecular flexibility index (Phi) is 6.01. The molecule has 1 aliphatic rings. The van der Waals surface area contributed by atoms with Crippen molar-refractivity contribution in [1.29, 1.82) is 0 Å². The van der Waals surface area contributed by atoms with Gasteiger partial charge in [0.25, 0.3) is 0 Å². The third kappa shape index (κ3) is 5.03. The standard InChI is InChI=1S/C22H24N2O3/c1-16(25)18-9-11-20(12-10-18)23-22(27)19-8-5-13-24(15-19)21(26)14-17-6-3-2-4-7-17/h2-4,6-7,9-12,19H,5,8,13-15H2,1H3,(H,23,27). The van der Waals surface area contributed by atoms with Gasteiger partial charge >= 0.3 is 0 Å². The van der Waals surface area contributed by atoms with Gasteiger partial charge in [-0.25, -0.2) is 0 Å². The van der Waals surface area contributed by atoms with E-state index in [9.17, 15) is 14.4 Å². The molecule has 2 aromatic rings. The van der Waals surface area contributed by atoms with Gasteiger partial charge in [-0.15, -0.1) is 0 Å². The number of carbonyl (C=O) groups is 3. The quantitative estimate of drug-likeness (QED) is 0.828. The molecule has 1 unspecified atom stereocenters. The molecule has 0 aromatic heterocycles. The van der Waals surface area contributed by atoms with Crippen LogP contribution in [0.2, 0.25) is 0 Å². The van der Waals surface area contributed by atoms with E-state index in [-0.39, 0.29) is 23.5 Å². The first-order valence-electron chi connectivity index (χ1n) is 9.26. The van der Waals surface area contributed by atoms with Crippen molar-refractivity contribution in [1.82, 2.24) is 4.90 Å². The summed E-state index contributed by atoms with van der Waals surface area (Å²) >= 11 is 0. The summed E-state index contributed by atoms with van der Waals surface area (Å²) in [5.74, 6) is -0.244. The Labute approximate surface area is 159 Å². The lowest BCUT2D eigenvalue weighted by Gasteiger charge is -2.32. The van der Waals surface area contributed by atoms with Gasteiger partial charge in [-0.2, -0.15) is 0 Å². The number of nitrogens with zero attached hydrogens (tertiary/aromatic N) is 1. The maximum absolute atomic E-state index is 12.6. The van der Waals surface area contributed by atoms with Crippen molar-refractivity contribution in [3.05, 3.63) is 65.7 Å². The molecule has 0 saturated carbocycles. The van der Waals surface area contributed by atoms with Crippen molar-refractivity contribution in [2.75, 3.05) is 18.4 Å². The molecule has 27 heavy (non-hydrogen) atoms. The maximum Gasteiger partial charge on any atom is 0.229 e. The van der Waals surface area contributed by atoms with Gasteiger partial charge in [-0.3, -0.25) is 14.4 Å². The first-order valence-corrected chi connectivity index (χ1v) is 9.26. The topological polar surface area (TPSA) is 66.5 Å². The van der Waals surface area contributed by atoms with Crippen molar-refractivity contribution in [3.63, 3.8) is 0 Å². The highest BCUT2D eigenvalue weighted by atomic mass is 16.2. The van der Waals surface area contributed by atoms with Crippen LogP contribution in [0.25, 0.3) is 0 Å². The normalized spacial score (nSPS) is 16.6. The molecule has 0 aliphatic carbocycles. The number of anilines is 1. The molecule has 0 spiro atoms. The number of benzene rings is 2. The Bertz CT molecular complexity index is 815. The number of Topliss-reactive ketones (excluding diaryl/α,β-unsaturated/α-hetero) is 1. The number of likely N-dealkylation sites (tertiary alicyclic amines) is 1. The number of hydrogen-bond acceptors (Lipinski definition) is 3. The van der Waals surface area contributed by atoms with Gasteiger partial charge in [0.2, 0.25) is 11.8 Å². The number of rotatable bonds is 5. The monoisotopic (exact) mass is 364 g/mol. The van der Waals surface area contributed by atoms with Crippen LogP contribution in [0.3, 0.4) is 0 Å². The number of piperidine rings is 1. The largest absolute Gasteiger partial charge is 0.342 e. The Morgan fingerprint density at radius 2 is 1.74 bits per heavy atom. The van der Waals surface area contributed by atoms with E-state index in [1.54, 1.807) is 29.2 Å². The average molecular weight is 364 g/mol. The molecule has 1 fully saturated rings. The highest BCUT2D eigenvalue weighted by molar-refractivity contribution is 5.96. The maximum atomic E-state index is 12.6. The van der Waals surface area contributed by atoms with Crippen molar-refractivity contribution in [3.8, 4) is 0 Å². The Morgan fingerprint density at radius 3 is 2.41 bits per heavy atom. The molecule has 5 nitrogen and oxygen atoms in total. The van der Waals surface area contributed by atoms with Gasteiger partial charge in [-0.1, -0.05) is 30.3 Å². The van der Waals surface area contributed by atoms with E-state index in [0.29, 0.717) is 30.8 Å². The zero-order chi connectivity index (χ0) is 19.2. The molecule has 1 N–H and O–H groups in total. The lowest BCUT2D eigenvalue weighted by molar-refractivity contribution is -0.133. The Morgan fingerprint density at radius 1 is 1.04 bits per heavy atom. The smallest absolute Gasteiger partial charge is 0.229 e. The van der Waals surface area contributed by atoms with Crippen LogP contribution >= 0.6 is 0 Å². The lowest BCUT2D eigenvalue weighted by Crippen LogP contribution is -2.44. The number of ketones is 1. The van der Waals surface area contributed by atoms with Gasteiger partial charge in [0, 0.05) is 24.3 Å². The van der Waals surface area contributed by atoms with E-state index < -0.39 is 0 Å². The number of hydrogen-bond donors (Lipinski definition) is 1. The summed E-state index contributed by atoms with van der Waals surface area (Å²) in [5, 5.41) is 2.90. The van der Waals surface area contributed by atoms with Crippen LogP contribution < -0.4 is 5.32 Å². The summed E-state index contributed by atoms with van der Waals surface area (Å²) in [6.45, 7) is 2.66.